The molecule has 0 aliphatic carbocycles. The van der Waals surface area contributed by atoms with E-state index in [0.717, 1.165) is 56.2 Å². The van der Waals surface area contributed by atoms with Crippen LogP contribution in [0.5, 0.6) is 0 Å². The van der Waals surface area contributed by atoms with Crippen LogP contribution in [0.4, 0.5) is 5.69 Å². The van der Waals surface area contributed by atoms with Gasteiger partial charge in [0.15, 0.2) is 0 Å². The molecule has 0 N–H and O–H groups in total. The van der Waals surface area contributed by atoms with Crippen molar-refractivity contribution in [2.45, 2.75) is 19.3 Å². The van der Waals surface area contributed by atoms with E-state index in [0.29, 0.717) is 23.3 Å². The summed E-state index contributed by atoms with van der Waals surface area (Å²) in [6.07, 6.45) is 6.31. The van der Waals surface area contributed by atoms with Gasteiger partial charge in [0.2, 0.25) is 5.91 Å². The molecule has 2 saturated heterocycles. The molecule has 0 atom stereocenters. The van der Waals surface area contributed by atoms with Gasteiger partial charge >= 0.3 is 0 Å². The largest absolute Gasteiger partial charge is 0.370 e. The molecule has 4 nitrogen and oxygen atoms in total. The third kappa shape index (κ3) is 3.87. The molecule has 0 spiro atoms. The number of pyridine rings is 1. The first-order chi connectivity index (χ1) is 10.7. The van der Waals surface area contributed by atoms with Crippen LogP contribution < -0.4 is 4.90 Å². The van der Waals surface area contributed by atoms with Gasteiger partial charge in [-0.15, -0.1) is 0 Å². The molecule has 3 heterocycles. The summed E-state index contributed by atoms with van der Waals surface area (Å²) in [7, 11) is 0. The van der Waals surface area contributed by atoms with Gasteiger partial charge in [-0.1, -0.05) is 11.6 Å². The molecule has 2 fully saturated rings. The highest BCUT2D eigenvalue weighted by Crippen LogP contribution is 2.30. The quantitative estimate of drug-likeness (QED) is 0.848. The first-order valence-electron chi connectivity index (χ1n) is 7.94. The van der Waals surface area contributed by atoms with E-state index in [2.05, 4.69) is 9.88 Å². The van der Waals surface area contributed by atoms with Crippen LogP contribution in [0.3, 0.4) is 0 Å². The van der Waals surface area contributed by atoms with Gasteiger partial charge in [0.05, 0.1) is 10.7 Å². The maximum atomic E-state index is 12.3. The number of halogens is 1. The smallest absolute Gasteiger partial charge is 0.222 e. The molecule has 2 aliphatic rings. The van der Waals surface area contributed by atoms with Gasteiger partial charge in [-0.25, -0.2) is 0 Å². The molecule has 1 aromatic heterocycles. The Hall–Kier alpha value is -0.940. The predicted octanol–water partition coefficient (Wildman–Crippen LogP) is 2.92. The Morgan fingerprint density at radius 3 is 2.68 bits per heavy atom. The zero-order valence-electron chi connectivity index (χ0n) is 12.7. The number of hydrogen-bond acceptors (Lipinski definition) is 4. The van der Waals surface area contributed by atoms with E-state index in [-0.39, 0.29) is 0 Å². The monoisotopic (exact) mass is 339 g/mol. The second-order valence-electron chi connectivity index (χ2n) is 5.95. The number of hydrogen-bond donors (Lipinski definition) is 0. The Bertz CT molecular complexity index is 514. The molecule has 0 unspecified atom stereocenters. The lowest BCUT2D eigenvalue weighted by Crippen LogP contribution is -2.40. The predicted molar refractivity (Wildman–Crippen MR) is 92.7 cm³/mol. The molecular weight excluding hydrogens is 318 g/mol. The highest BCUT2D eigenvalue weighted by atomic mass is 35.5. The SMILES string of the molecule is O=C(CC1CCN(c2ccncc2Cl)CC1)N1CCSCC1. The number of carbonyl (C=O) groups is 1. The van der Waals surface area contributed by atoms with Crippen LogP contribution in [-0.4, -0.2) is 53.5 Å². The van der Waals surface area contributed by atoms with E-state index in [9.17, 15) is 4.79 Å². The molecular formula is C16H22ClN3OS. The molecule has 0 bridgehead atoms. The lowest BCUT2D eigenvalue weighted by atomic mass is 9.92. The Labute approximate surface area is 141 Å². The zero-order chi connectivity index (χ0) is 15.4. The zero-order valence-corrected chi connectivity index (χ0v) is 14.3. The normalized spacial score (nSPS) is 20.2. The topological polar surface area (TPSA) is 36.4 Å². The van der Waals surface area contributed by atoms with E-state index < -0.39 is 0 Å². The Morgan fingerprint density at radius 2 is 2.00 bits per heavy atom. The summed E-state index contributed by atoms with van der Waals surface area (Å²) in [5.74, 6) is 3.04. The molecule has 22 heavy (non-hydrogen) atoms. The summed E-state index contributed by atoms with van der Waals surface area (Å²) >= 11 is 8.16. The first-order valence-corrected chi connectivity index (χ1v) is 9.47. The van der Waals surface area contributed by atoms with E-state index in [1.807, 2.05) is 22.7 Å². The number of piperidine rings is 1. The second-order valence-corrected chi connectivity index (χ2v) is 7.59. The van der Waals surface area contributed by atoms with Crippen LogP contribution in [0.15, 0.2) is 18.5 Å². The summed E-state index contributed by atoms with van der Waals surface area (Å²) < 4.78 is 0. The van der Waals surface area contributed by atoms with Crippen molar-refractivity contribution in [3.63, 3.8) is 0 Å². The van der Waals surface area contributed by atoms with E-state index >= 15 is 0 Å². The second kappa shape index (κ2) is 7.55. The number of carbonyl (C=O) groups excluding carboxylic acids is 1. The fourth-order valence-electron chi connectivity index (χ4n) is 3.19. The highest BCUT2D eigenvalue weighted by Gasteiger charge is 2.25. The van der Waals surface area contributed by atoms with Gasteiger partial charge in [0.1, 0.15) is 0 Å². The van der Waals surface area contributed by atoms with Crippen molar-refractivity contribution in [1.29, 1.82) is 0 Å². The van der Waals surface area contributed by atoms with Crippen LogP contribution in [0.1, 0.15) is 19.3 Å². The minimum Gasteiger partial charge on any atom is -0.370 e. The molecule has 2 aliphatic heterocycles. The van der Waals surface area contributed by atoms with Gasteiger partial charge in [-0.05, 0) is 24.8 Å². The van der Waals surface area contributed by atoms with Crippen molar-refractivity contribution in [2.75, 3.05) is 42.6 Å². The Kier molecular flexibility index (Phi) is 5.47. The molecule has 120 valence electrons. The molecule has 0 saturated carbocycles. The summed E-state index contributed by atoms with van der Waals surface area (Å²) in [5.41, 5.74) is 1.06. The summed E-state index contributed by atoms with van der Waals surface area (Å²) in [6, 6.07) is 1.97. The van der Waals surface area contributed by atoms with E-state index in [4.69, 9.17) is 11.6 Å². The first kappa shape index (κ1) is 15.9. The van der Waals surface area contributed by atoms with Gasteiger partial charge in [0.25, 0.3) is 0 Å². The van der Waals surface area contributed by atoms with Crippen molar-refractivity contribution in [1.82, 2.24) is 9.88 Å². The van der Waals surface area contributed by atoms with Crippen LogP contribution in [0.2, 0.25) is 5.02 Å². The minimum atomic E-state index is 0.348. The third-order valence-corrected chi connectivity index (χ3v) is 5.77. The summed E-state index contributed by atoms with van der Waals surface area (Å²) in [6.45, 7) is 3.79. The standard InChI is InChI=1S/C16H22ClN3OS/c17-14-12-18-4-1-15(14)19-5-2-13(3-6-19)11-16(21)20-7-9-22-10-8-20/h1,4,12-13H,2-3,5-11H2. The maximum Gasteiger partial charge on any atom is 0.222 e. The number of rotatable bonds is 3. The van der Waals surface area contributed by atoms with E-state index in [1.54, 1.807) is 12.4 Å². The average molecular weight is 340 g/mol. The molecule has 0 aromatic carbocycles. The summed E-state index contributed by atoms with van der Waals surface area (Å²) in [5, 5.41) is 0.711. The number of amides is 1. The lowest BCUT2D eigenvalue weighted by Gasteiger charge is -2.35. The van der Waals surface area contributed by atoms with Gasteiger partial charge in [0, 0.05) is 56.5 Å². The summed E-state index contributed by atoms with van der Waals surface area (Å²) in [4.78, 5) is 20.7. The number of thioether (sulfide) groups is 1. The van der Waals surface area contributed by atoms with Crippen LogP contribution >= 0.6 is 23.4 Å². The van der Waals surface area contributed by atoms with E-state index in [1.165, 1.54) is 0 Å². The van der Waals surface area contributed by atoms with Gasteiger partial charge < -0.3 is 9.80 Å². The molecule has 0 radical (unpaired) electrons. The fourth-order valence-corrected chi connectivity index (χ4v) is 4.33. The third-order valence-electron chi connectivity index (χ3n) is 4.53. The number of nitrogens with zero attached hydrogens (tertiary/aromatic N) is 3. The number of anilines is 1. The fraction of sp³-hybridized carbons (Fsp3) is 0.625. The van der Waals surface area contributed by atoms with Crippen molar-refractivity contribution in [2.24, 2.45) is 5.92 Å². The van der Waals surface area contributed by atoms with Crippen molar-refractivity contribution < 1.29 is 4.79 Å². The molecule has 6 heteroatoms. The molecule has 1 aromatic rings. The lowest BCUT2D eigenvalue weighted by molar-refractivity contribution is -0.132. The van der Waals surface area contributed by atoms with Crippen LogP contribution in [0.25, 0.3) is 0 Å². The van der Waals surface area contributed by atoms with Crippen molar-refractivity contribution in [3.8, 4) is 0 Å². The van der Waals surface area contributed by atoms with Crippen molar-refractivity contribution in [3.05, 3.63) is 23.5 Å². The van der Waals surface area contributed by atoms with Crippen LogP contribution in [0, 0.1) is 5.92 Å². The number of aromatic nitrogens is 1. The minimum absolute atomic E-state index is 0.348. The Balaban J connectivity index is 1.49. The average Bonchev–Trinajstić information content (AvgIpc) is 2.57. The molecule has 3 rings (SSSR count). The van der Waals surface area contributed by atoms with Crippen molar-refractivity contribution >= 4 is 35.0 Å². The highest BCUT2D eigenvalue weighted by molar-refractivity contribution is 7.99. The Morgan fingerprint density at radius 1 is 1.27 bits per heavy atom. The molecule has 1 amide bonds. The van der Waals surface area contributed by atoms with Gasteiger partial charge in [-0.2, -0.15) is 11.8 Å². The van der Waals surface area contributed by atoms with Gasteiger partial charge in [-0.3, -0.25) is 9.78 Å². The maximum absolute atomic E-state index is 12.3. The van der Waals surface area contributed by atoms with Crippen LogP contribution in [-0.2, 0) is 4.79 Å².